The summed E-state index contributed by atoms with van der Waals surface area (Å²) in [5, 5.41) is 8.63. The van der Waals surface area contributed by atoms with Crippen molar-refractivity contribution in [2.45, 2.75) is 39.7 Å². The molecule has 0 saturated carbocycles. The number of ether oxygens (including phenoxy) is 1. The fraction of sp³-hybridized carbons (Fsp3) is 0.357. The van der Waals surface area contributed by atoms with E-state index in [1.807, 2.05) is 86.4 Å². The third-order valence-electron chi connectivity index (χ3n) is 6.79. The Hall–Kier alpha value is -3.94. The first-order valence-corrected chi connectivity index (χ1v) is 12.6. The van der Waals surface area contributed by atoms with E-state index in [2.05, 4.69) is 15.3 Å². The number of amides is 1. The molecule has 1 aliphatic rings. The van der Waals surface area contributed by atoms with Gasteiger partial charge in [-0.15, -0.1) is 0 Å². The Labute approximate surface area is 211 Å². The smallest absolute Gasteiger partial charge is 0.226 e. The van der Waals surface area contributed by atoms with E-state index in [-0.39, 0.29) is 17.9 Å². The second-order valence-corrected chi connectivity index (χ2v) is 9.27. The molecule has 0 aliphatic carbocycles. The zero-order valence-electron chi connectivity index (χ0n) is 21.0. The van der Waals surface area contributed by atoms with Gasteiger partial charge in [-0.1, -0.05) is 18.2 Å². The highest BCUT2D eigenvalue weighted by Gasteiger charge is 2.27. The van der Waals surface area contributed by atoms with E-state index >= 15 is 0 Å². The number of hydrogen-bond acceptors (Lipinski definition) is 6. The summed E-state index contributed by atoms with van der Waals surface area (Å²) in [5.74, 6) is 1.62. The lowest BCUT2D eigenvalue weighted by Gasteiger charge is -2.32. The maximum atomic E-state index is 13.0. The summed E-state index contributed by atoms with van der Waals surface area (Å²) in [6.07, 6.45) is 5.33. The number of rotatable bonds is 7. The summed E-state index contributed by atoms with van der Waals surface area (Å²) in [6, 6.07) is 15.8. The number of fused-ring (bicyclic) bond motifs is 1. The van der Waals surface area contributed by atoms with Gasteiger partial charge in [-0.05, 0) is 63.9 Å². The summed E-state index contributed by atoms with van der Waals surface area (Å²) in [4.78, 5) is 24.8. The summed E-state index contributed by atoms with van der Waals surface area (Å²) in [5.41, 5.74) is 3.82. The molecule has 8 heteroatoms. The van der Waals surface area contributed by atoms with Crippen LogP contribution in [0.1, 0.15) is 44.0 Å². The SMILES string of the molecule is CCOc1ccc2nc(N3CCC(C(=O)N[C@H](C)c4cnn(-c5ccccc5)c4)CC3)nc(C)c2c1. The molecule has 186 valence electrons. The molecule has 8 nitrogen and oxygen atoms in total. The molecule has 2 aromatic heterocycles. The maximum absolute atomic E-state index is 13.0. The van der Waals surface area contributed by atoms with Crippen LogP contribution >= 0.6 is 0 Å². The normalized spacial score (nSPS) is 15.1. The Morgan fingerprint density at radius 2 is 1.92 bits per heavy atom. The molecule has 4 aromatic rings. The van der Waals surface area contributed by atoms with Gasteiger partial charge in [0, 0.05) is 36.2 Å². The number of aromatic nitrogens is 4. The van der Waals surface area contributed by atoms with Gasteiger partial charge in [-0.3, -0.25) is 4.79 Å². The van der Waals surface area contributed by atoms with Gasteiger partial charge < -0.3 is 15.0 Å². The lowest BCUT2D eigenvalue weighted by molar-refractivity contribution is -0.126. The van der Waals surface area contributed by atoms with Crippen LogP contribution in [0.4, 0.5) is 5.95 Å². The van der Waals surface area contributed by atoms with E-state index in [4.69, 9.17) is 14.7 Å². The minimum Gasteiger partial charge on any atom is -0.494 e. The average molecular weight is 485 g/mol. The third kappa shape index (κ3) is 5.03. The molecule has 36 heavy (non-hydrogen) atoms. The molecule has 0 bridgehead atoms. The first-order chi connectivity index (χ1) is 17.5. The number of anilines is 1. The molecule has 1 fully saturated rings. The van der Waals surface area contributed by atoms with Crippen LogP contribution in [0.15, 0.2) is 60.9 Å². The second kappa shape index (κ2) is 10.4. The first-order valence-electron chi connectivity index (χ1n) is 12.6. The van der Waals surface area contributed by atoms with E-state index in [0.717, 1.165) is 65.5 Å². The Kier molecular flexibility index (Phi) is 6.84. The Morgan fingerprint density at radius 1 is 1.14 bits per heavy atom. The zero-order valence-corrected chi connectivity index (χ0v) is 21.0. The third-order valence-corrected chi connectivity index (χ3v) is 6.79. The van der Waals surface area contributed by atoms with E-state index < -0.39 is 0 Å². The summed E-state index contributed by atoms with van der Waals surface area (Å²) in [6.45, 7) is 8.11. The molecule has 0 spiro atoms. The van der Waals surface area contributed by atoms with Crippen LogP contribution in [0, 0.1) is 12.8 Å². The molecule has 1 N–H and O–H groups in total. The average Bonchev–Trinajstić information content (AvgIpc) is 3.40. The number of para-hydroxylation sites is 1. The summed E-state index contributed by atoms with van der Waals surface area (Å²) in [7, 11) is 0. The Morgan fingerprint density at radius 3 is 2.67 bits per heavy atom. The van der Waals surface area contributed by atoms with Crippen molar-refractivity contribution < 1.29 is 9.53 Å². The molecule has 2 aromatic carbocycles. The van der Waals surface area contributed by atoms with Gasteiger partial charge in [0.25, 0.3) is 0 Å². The van der Waals surface area contributed by atoms with Crippen molar-refractivity contribution in [1.82, 2.24) is 25.1 Å². The van der Waals surface area contributed by atoms with Crippen LogP contribution in [0.5, 0.6) is 5.75 Å². The number of aryl methyl sites for hydroxylation is 1. The molecule has 1 saturated heterocycles. The molecule has 0 unspecified atom stereocenters. The van der Waals surface area contributed by atoms with Crippen molar-refractivity contribution in [2.75, 3.05) is 24.6 Å². The van der Waals surface area contributed by atoms with Crippen LogP contribution < -0.4 is 15.0 Å². The minimum absolute atomic E-state index is 0.0248. The first kappa shape index (κ1) is 23.8. The number of carbonyl (C=O) groups excluding carboxylic acids is 1. The number of hydrogen-bond donors (Lipinski definition) is 1. The Bertz CT molecular complexity index is 1340. The van der Waals surface area contributed by atoms with Crippen LogP contribution in [0.25, 0.3) is 16.6 Å². The van der Waals surface area contributed by atoms with Gasteiger partial charge in [0.2, 0.25) is 11.9 Å². The highest BCUT2D eigenvalue weighted by atomic mass is 16.5. The van der Waals surface area contributed by atoms with Crippen molar-refractivity contribution in [1.29, 1.82) is 0 Å². The highest BCUT2D eigenvalue weighted by molar-refractivity contribution is 5.83. The minimum atomic E-state index is -0.110. The van der Waals surface area contributed by atoms with Crippen molar-refractivity contribution in [2.24, 2.45) is 5.92 Å². The number of benzene rings is 2. The molecule has 5 rings (SSSR count). The molecule has 1 aliphatic heterocycles. The topological polar surface area (TPSA) is 85.2 Å². The second-order valence-electron chi connectivity index (χ2n) is 9.27. The predicted molar refractivity (Wildman–Crippen MR) is 141 cm³/mol. The summed E-state index contributed by atoms with van der Waals surface area (Å²) >= 11 is 0. The van der Waals surface area contributed by atoms with Gasteiger partial charge in [0.1, 0.15) is 5.75 Å². The predicted octanol–water partition coefficient (Wildman–Crippen LogP) is 4.62. The van der Waals surface area contributed by atoms with Gasteiger partial charge in [0.15, 0.2) is 0 Å². The van der Waals surface area contributed by atoms with E-state index in [1.54, 1.807) is 0 Å². The number of nitrogens with one attached hydrogen (secondary N) is 1. The van der Waals surface area contributed by atoms with Gasteiger partial charge in [-0.2, -0.15) is 5.10 Å². The standard InChI is InChI=1S/C28H32N6O2/c1-4-36-24-10-11-26-25(16-24)20(3)31-28(32-26)33-14-12-21(13-15-33)27(35)30-19(2)22-17-29-34(18-22)23-8-6-5-7-9-23/h5-11,16-19,21H,4,12-15H2,1-3H3,(H,30,35)/t19-/m1/s1. The van der Waals surface area contributed by atoms with Gasteiger partial charge in [0.05, 0.1) is 35.7 Å². The number of carbonyl (C=O) groups is 1. The van der Waals surface area contributed by atoms with E-state index in [9.17, 15) is 4.79 Å². The quantitative estimate of drug-likeness (QED) is 0.412. The van der Waals surface area contributed by atoms with Crippen molar-refractivity contribution in [3.8, 4) is 11.4 Å². The van der Waals surface area contributed by atoms with Gasteiger partial charge in [-0.25, -0.2) is 14.6 Å². The monoisotopic (exact) mass is 484 g/mol. The highest BCUT2D eigenvalue weighted by Crippen LogP contribution is 2.27. The van der Waals surface area contributed by atoms with Crippen LogP contribution in [0.3, 0.4) is 0 Å². The summed E-state index contributed by atoms with van der Waals surface area (Å²) < 4.78 is 7.45. The molecule has 3 heterocycles. The fourth-order valence-electron chi connectivity index (χ4n) is 4.68. The zero-order chi connectivity index (χ0) is 25.1. The molecule has 1 atom stereocenters. The number of piperidine rings is 1. The van der Waals surface area contributed by atoms with Crippen molar-refractivity contribution in [3.63, 3.8) is 0 Å². The Balaban J connectivity index is 1.19. The maximum Gasteiger partial charge on any atom is 0.226 e. The van der Waals surface area contributed by atoms with Crippen LogP contribution in [-0.4, -0.2) is 45.4 Å². The van der Waals surface area contributed by atoms with E-state index in [1.165, 1.54) is 0 Å². The fourth-order valence-corrected chi connectivity index (χ4v) is 4.68. The van der Waals surface area contributed by atoms with Crippen LogP contribution in [-0.2, 0) is 4.79 Å². The lowest BCUT2D eigenvalue weighted by Crippen LogP contribution is -2.41. The van der Waals surface area contributed by atoms with Crippen molar-refractivity contribution in [3.05, 3.63) is 72.2 Å². The molecule has 1 amide bonds. The number of nitrogens with zero attached hydrogens (tertiary/aromatic N) is 5. The molecular formula is C28H32N6O2. The largest absolute Gasteiger partial charge is 0.494 e. The van der Waals surface area contributed by atoms with Crippen LogP contribution in [0.2, 0.25) is 0 Å². The van der Waals surface area contributed by atoms with Crippen molar-refractivity contribution >= 4 is 22.8 Å². The lowest BCUT2D eigenvalue weighted by atomic mass is 9.95. The van der Waals surface area contributed by atoms with E-state index in [0.29, 0.717) is 6.61 Å². The van der Waals surface area contributed by atoms with Gasteiger partial charge >= 0.3 is 0 Å². The molecule has 0 radical (unpaired) electrons. The molecular weight excluding hydrogens is 452 g/mol.